The van der Waals surface area contributed by atoms with Crippen LogP contribution in [0.3, 0.4) is 0 Å². The van der Waals surface area contributed by atoms with Crippen molar-refractivity contribution in [3.8, 4) is 0 Å². The monoisotopic (exact) mass is 374 g/mol. The number of nitrogens with zero attached hydrogens (tertiary/aromatic N) is 4. The number of carbonyl (C=O) groups is 1. The standard InChI is InChI=1S/C19H30N6O2/c1-27-12-10-21-18-16-13-24-25(19(16)23-14-22-18)11-9-20-17(26)8-7-15-5-3-2-4-6-15/h13-15H,2-12H2,1H3,(H,20,26)(H,21,22,23). The highest BCUT2D eigenvalue weighted by Gasteiger charge is 2.15. The summed E-state index contributed by atoms with van der Waals surface area (Å²) < 4.78 is 6.85. The normalized spacial score (nSPS) is 15.1. The van der Waals surface area contributed by atoms with E-state index in [1.54, 1.807) is 18.0 Å². The van der Waals surface area contributed by atoms with Crippen LogP contribution in [0.4, 0.5) is 5.82 Å². The van der Waals surface area contributed by atoms with E-state index in [-0.39, 0.29) is 5.91 Å². The van der Waals surface area contributed by atoms with Gasteiger partial charge in [0.05, 0.1) is 24.7 Å². The van der Waals surface area contributed by atoms with E-state index in [1.165, 1.54) is 38.4 Å². The fourth-order valence-corrected chi connectivity index (χ4v) is 3.67. The van der Waals surface area contributed by atoms with E-state index in [0.29, 0.717) is 32.7 Å². The number of rotatable bonds is 10. The van der Waals surface area contributed by atoms with Crippen molar-refractivity contribution in [1.29, 1.82) is 0 Å². The molecule has 148 valence electrons. The molecule has 2 heterocycles. The predicted molar refractivity (Wildman–Crippen MR) is 105 cm³/mol. The summed E-state index contributed by atoms with van der Waals surface area (Å²) in [5.74, 6) is 1.62. The average Bonchev–Trinajstić information content (AvgIpc) is 3.11. The van der Waals surface area contributed by atoms with Crippen molar-refractivity contribution in [3.63, 3.8) is 0 Å². The maximum Gasteiger partial charge on any atom is 0.220 e. The van der Waals surface area contributed by atoms with Gasteiger partial charge in [-0.15, -0.1) is 0 Å². The summed E-state index contributed by atoms with van der Waals surface area (Å²) in [5.41, 5.74) is 0.765. The molecule has 2 aromatic heterocycles. The number of nitrogens with one attached hydrogen (secondary N) is 2. The molecule has 1 aliphatic rings. The number of amides is 1. The van der Waals surface area contributed by atoms with E-state index in [1.807, 2.05) is 0 Å². The van der Waals surface area contributed by atoms with Crippen LogP contribution in [0.1, 0.15) is 44.9 Å². The second-order valence-electron chi connectivity index (χ2n) is 7.14. The molecule has 8 heteroatoms. The van der Waals surface area contributed by atoms with Crippen LogP contribution in [0.25, 0.3) is 11.0 Å². The van der Waals surface area contributed by atoms with E-state index in [0.717, 1.165) is 29.2 Å². The first-order chi connectivity index (χ1) is 13.3. The number of fused-ring (bicyclic) bond motifs is 1. The maximum atomic E-state index is 12.1. The van der Waals surface area contributed by atoms with Crippen LogP contribution >= 0.6 is 0 Å². The molecule has 0 unspecified atom stereocenters. The molecule has 1 aliphatic carbocycles. The fourth-order valence-electron chi connectivity index (χ4n) is 3.67. The molecular formula is C19H30N6O2. The molecule has 0 aromatic carbocycles. The number of aromatic nitrogens is 4. The van der Waals surface area contributed by atoms with Crippen molar-refractivity contribution in [2.45, 2.75) is 51.5 Å². The van der Waals surface area contributed by atoms with Crippen molar-refractivity contribution >= 4 is 22.8 Å². The van der Waals surface area contributed by atoms with Gasteiger partial charge in [-0.1, -0.05) is 32.1 Å². The Balaban J connectivity index is 1.45. The first-order valence-electron chi connectivity index (χ1n) is 9.94. The second-order valence-corrected chi connectivity index (χ2v) is 7.14. The molecule has 3 rings (SSSR count). The quantitative estimate of drug-likeness (QED) is 0.620. The number of hydrogen-bond donors (Lipinski definition) is 2. The van der Waals surface area contributed by atoms with Gasteiger partial charge >= 0.3 is 0 Å². The second kappa shape index (κ2) is 10.2. The fraction of sp³-hybridized carbons (Fsp3) is 0.684. The average molecular weight is 374 g/mol. The Bertz CT molecular complexity index is 726. The van der Waals surface area contributed by atoms with Crippen molar-refractivity contribution in [3.05, 3.63) is 12.5 Å². The lowest BCUT2D eigenvalue weighted by atomic mass is 9.86. The van der Waals surface area contributed by atoms with E-state index in [9.17, 15) is 4.79 Å². The van der Waals surface area contributed by atoms with Gasteiger partial charge in [0, 0.05) is 26.6 Å². The minimum absolute atomic E-state index is 0.133. The van der Waals surface area contributed by atoms with Crippen LogP contribution in [0.2, 0.25) is 0 Å². The smallest absolute Gasteiger partial charge is 0.220 e. The molecule has 2 aromatic rings. The molecule has 2 N–H and O–H groups in total. The van der Waals surface area contributed by atoms with Crippen molar-refractivity contribution in [1.82, 2.24) is 25.1 Å². The molecule has 0 saturated heterocycles. The Morgan fingerprint density at radius 2 is 2.11 bits per heavy atom. The number of ether oxygens (including phenoxy) is 1. The Morgan fingerprint density at radius 3 is 2.93 bits per heavy atom. The van der Waals surface area contributed by atoms with Gasteiger partial charge in [0.2, 0.25) is 5.91 Å². The lowest BCUT2D eigenvalue weighted by Gasteiger charge is -2.20. The first-order valence-corrected chi connectivity index (χ1v) is 9.94. The molecule has 8 nitrogen and oxygen atoms in total. The van der Waals surface area contributed by atoms with Gasteiger partial charge in [-0.25, -0.2) is 14.6 Å². The lowest BCUT2D eigenvalue weighted by Crippen LogP contribution is -2.28. The van der Waals surface area contributed by atoms with Crippen LogP contribution in [-0.4, -0.2) is 52.5 Å². The Labute approximate surface area is 160 Å². The van der Waals surface area contributed by atoms with E-state index < -0.39 is 0 Å². The third-order valence-electron chi connectivity index (χ3n) is 5.18. The van der Waals surface area contributed by atoms with Crippen LogP contribution in [0, 0.1) is 5.92 Å². The molecule has 27 heavy (non-hydrogen) atoms. The summed E-state index contributed by atoms with van der Waals surface area (Å²) >= 11 is 0. The molecule has 0 spiro atoms. The van der Waals surface area contributed by atoms with E-state index in [2.05, 4.69) is 25.7 Å². The van der Waals surface area contributed by atoms with Crippen LogP contribution in [-0.2, 0) is 16.1 Å². The summed E-state index contributed by atoms with van der Waals surface area (Å²) in [4.78, 5) is 20.7. The molecule has 0 atom stereocenters. The molecule has 1 fully saturated rings. The molecule has 1 saturated carbocycles. The number of carbonyl (C=O) groups excluding carboxylic acids is 1. The molecular weight excluding hydrogens is 344 g/mol. The van der Waals surface area contributed by atoms with E-state index in [4.69, 9.17) is 4.74 Å². The SMILES string of the molecule is COCCNc1ncnc2c1cnn2CCNC(=O)CCC1CCCCC1. The number of anilines is 1. The van der Waals surface area contributed by atoms with Gasteiger partial charge in [-0.2, -0.15) is 5.10 Å². The predicted octanol–water partition coefficient (Wildman–Crippen LogP) is 2.36. The summed E-state index contributed by atoms with van der Waals surface area (Å²) in [7, 11) is 1.67. The van der Waals surface area contributed by atoms with Crippen molar-refractivity contribution in [2.24, 2.45) is 5.92 Å². The minimum Gasteiger partial charge on any atom is -0.383 e. The zero-order valence-electron chi connectivity index (χ0n) is 16.1. The molecule has 1 amide bonds. The minimum atomic E-state index is 0.133. The molecule has 0 bridgehead atoms. The number of methoxy groups -OCH3 is 1. The lowest BCUT2D eigenvalue weighted by molar-refractivity contribution is -0.121. The van der Waals surface area contributed by atoms with Gasteiger partial charge < -0.3 is 15.4 Å². The maximum absolute atomic E-state index is 12.1. The van der Waals surface area contributed by atoms with Crippen LogP contribution < -0.4 is 10.6 Å². The largest absolute Gasteiger partial charge is 0.383 e. The Morgan fingerprint density at radius 1 is 1.26 bits per heavy atom. The Kier molecular flexibility index (Phi) is 7.38. The van der Waals surface area contributed by atoms with Crippen LogP contribution in [0.15, 0.2) is 12.5 Å². The zero-order chi connectivity index (χ0) is 18.9. The first kappa shape index (κ1) is 19.5. The summed E-state index contributed by atoms with van der Waals surface area (Å²) in [6.07, 6.45) is 11.5. The summed E-state index contributed by atoms with van der Waals surface area (Å²) in [6, 6.07) is 0. The van der Waals surface area contributed by atoms with Gasteiger partial charge in [0.1, 0.15) is 12.1 Å². The highest BCUT2D eigenvalue weighted by Crippen LogP contribution is 2.27. The Hall–Kier alpha value is -2.22. The highest BCUT2D eigenvalue weighted by molar-refractivity contribution is 5.86. The van der Waals surface area contributed by atoms with Gasteiger partial charge in [0.25, 0.3) is 0 Å². The number of hydrogen-bond acceptors (Lipinski definition) is 6. The highest BCUT2D eigenvalue weighted by atomic mass is 16.5. The molecule has 0 radical (unpaired) electrons. The van der Waals surface area contributed by atoms with Crippen LogP contribution in [0.5, 0.6) is 0 Å². The third kappa shape index (κ3) is 5.63. The van der Waals surface area contributed by atoms with Crippen molar-refractivity contribution < 1.29 is 9.53 Å². The summed E-state index contributed by atoms with van der Waals surface area (Å²) in [6.45, 7) is 2.42. The van der Waals surface area contributed by atoms with Gasteiger partial charge in [-0.05, 0) is 12.3 Å². The summed E-state index contributed by atoms with van der Waals surface area (Å²) in [5, 5.41) is 11.5. The zero-order valence-corrected chi connectivity index (χ0v) is 16.1. The van der Waals surface area contributed by atoms with Gasteiger partial charge in [-0.3, -0.25) is 4.79 Å². The van der Waals surface area contributed by atoms with Crippen molar-refractivity contribution in [2.75, 3.05) is 32.1 Å². The van der Waals surface area contributed by atoms with Gasteiger partial charge in [0.15, 0.2) is 5.65 Å². The topological polar surface area (TPSA) is 94.0 Å². The van der Waals surface area contributed by atoms with E-state index >= 15 is 0 Å². The molecule has 0 aliphatic heterocycles. The third-order valence-corrected chi connectivity index (χ3v) is 5.18.